The van der Waals surface area contributed by atoms with Gasteiger partial charge in [-0.25, -0.2) is 0 Å². The van der Waals surface area contributed by atoms with Crippen LogP contribution >= 0.6 is 11.6 Å². The molecule has 4 nitrogen and oxygen atoms in total. The predicted octanol–water partition coefficient (Wildman–Crippen LogP) is 2.78. The molecule has 0 fully saturated rings. The highest BCUT2D eigenvalue weighted by molar-refractivity contribution is 6.30. The Morgan fingerprint density at radius 2 is 2.16 bits per heavy atom. The number of methoxy groups -OCH3 is 1. The molecule has 0 atom stereocenters. The van der Waals surface area contributed by atoms with E-state index in [2.05, 4.69) is 4.98 Å². The molecule has 0 amide bonds. The fraction of sp³-hybridized carbons (Fsp3) is 0.214. The quantitative estimate of drug-likeness (QED) is 0.914. The predicted molar refractivity (Wildman–Crippen MR) is 74.5 cm³/mol. The molecule has 0 saturated carbocycles. The van der Waals surface area contributed by atoms with Crippen molar-refractivity contribution in [1.82, 2.24) is 4.98 Å². The summed E-state index contributed by atoms with van der Waals surface area (Å²) in [4.78, 5) is 4.20. The third kappa shape index (κ3) is 3.36. The maximum Gasteiger partial charge on any atom is 0.166 e. The van der Waals surface area contributed by atoms with Gasteiger partial charge in [0.25, 0.3) is 0 Å². The average molecular weight is 279 g/mol. The van der Waals surface area contributed by atoms with Crippen molar-refractivity contribution in [2.24, 2.45) is 5.73 Å². The summed E-state index contributed by atoms with van der Waals surface area (Å²) in [5, 5.41) is 0.572. The van der Waals surface area contributed by atoms with E-state index in [4.69, 9.17) is 26.8 Å². The number of nitrogens with two attached hydrogens (primary N) is 1. The van der Waals surface area contributed by atoms with Crippen LogP contribution < -0.4 is 15.2 Å². The second kappa shape index (κ2) is 6.41. The van der Waals surface area contributed by atoms with E-state index >= 15 is 0 Å². The number of benzene rings is 1. The Labute approximate surface area is 117 Å². The molecule has 0 bridgehead atoms. The van der Waals surface area contributed by atoms with E-state index in [9.17, 15) is 0 Å². The van der Waals surface area contributed by atoms with Gasteiger partial charge in [-0.05, 0) is 18.2 Å². The van der Waals surface area contributed by atoms with Gasteiger partial charge in [0.2, 0.25) is 0 Å². The summed E-state index contributed by atoms with van der Waals surface area (Å²) in [6, 6.07) is 9.14. The Hall–Kier alpha value is -1.78. The van der Waals surface area contributed by atoms with E-state index < -0.39 is 0 Å². The summed E-state index contributed by atoms with van der Waals surface area (Å²) >= 11 is 5.99. The van der Waals surface area contributed by atoms with Gasteiger partial charge in [-0.3, -0.25) is 4.98 Å². The van der Waals surface area contributed by atoms with Gasteiger partial charge in [-0.1, -0.05) is 17.7 Å². The molecule has 2 N–H and O–H groups in total. The number of ether oxygens (including phenoxy) is 2. The van der Waals surface area contributed by atoms with Crippen molar-refractivity contribution in [2.75, 3.05) is 7.11 Å². The molecule has 0 unspecified atom stereocenters. The Morgan fingerprint density at radius 1 is 1.32 bits per heavy atom. The first-order chi connectivity index (χ1) is 9.24. The molecule has 19 heavy (non-hydrogen) atoms. The number of hydrogen-bond donors (Lipinski definition) is 1. The second-order valence-corrected chi connectivity index (χ2v) is 4.35. The molecule has 2 aromatic rings. The Morgan fingerprint density at radius 3 is 2.79 bits per heavy atom. The number of aromatic nitrogens is 1. The summed E-state index contributed by atoms with van der Waals surface area (Å²) in [6.07, 6.45) is 1.72. The molecule has 5 heteroatoms. The Bertz CT molecular complexity index is 521. The normalized spacial score (nSPS) is 10.3. The summed E-state index contributed by atoms with van der Waals surface area (Å²) < 4.78 is 11.0. The number of rotatable bonds is 5. The van der Waals surface area contributed by atoms with Gasteiger partial charge < -0.3 is 15.2 Å². The zero-order chi connectivity index (χ0) is 13.7. The number of nitrogens with zero attached hydrogens (tertiary/aromatic N) is 1. The first kappa shape index (κ1) is 13.6. The summed E-state index contributed by atoms with van der Waals surface area (Å²) in [7, 11) is 1.57. The minimum atomic E-state index is 0.328. The van der Waals surface area contributed by atoms with E-state index in [1.165, 1.54) is 0 Å². The Kier molecular flexibility index (Phi) is 4.60. The highest BCUT2D eigenvalue weighted by Crippen LogP contribution is 2.34. The van der Waals surface area contributed by atoms with Gasteiger partial charge in [0.05, 0.1) is 12.8 Å². The maximum atomic E-state index is 5.99. The fourth-order valence-electron chi connectivity index (χ4n) is 1.72. The van der Waals surface area contributed by atoms with E-state index in [0.717, 1.165) is 11.3 Å². The molecule has 1 heterocycles. The number of halogens is 1. The lowest BCUT2D eigenvalue weighted by molar-refractivity contribution is 0.277. The lowest BCUT2D eigenvalue weighted by atomic mass is 10.2. The van der Waals surface area contributed by atoms with Gasteiger partial charge >= 0.3 is 0 Å². The zero-order valence-electron chi connectivity index (χ0n) is 10.6. The van der Waals surface area contributed by atoms with Crippen LogP contribution in [0.25, 0.3) is 0 Å². The van der Waals surface area contributed by atoms with Crippen LogP contribution in [0.2, 0.25) is 5.02 Å². The second-order valence-electron chi connectivity index (χ2n) is 3.91. The highest BCUT2D eigenvalue weighted by Gasteiger charge is 2.12. The summed E-state index contributed by atoms with van der Waals surface area (Å²) in [5.74, 6) is 1.18. The van der Waals surface area contributed by atoms with Crippen LogP contribution in [-0.4, -0.2) is 12.1 Å². The van der Waals surface area contributed by atoms with Crippen LogP contribution in [0, 0.1) is 0 Å². The van der Waals surface area contributed by atoms with Crippen molar-refractivity contribution in [1.29, 1.82) is 0 Å². The summed E-state index contributed by atoms with van der Waals surface area (Å²) in [6.45, 7) is 0.681. The van der Waals surface area contributed by atoms with Crippen molar-refractivity contribution in [3.63, 3.8) is 0 Å². The molecule has 0 aliphatic carbocycles. The smallest absolute Gasteiger partial charge is 0.166 e. The fourth-order valence-corrected chi connectivity index (χ4v) is 1.95. The lowest BCUT2D eigenvalue weighted by Crippen LogP contribution is -2.05. The van der Waals surface area contributed by atoms with E-state index in [1.54, 1.807) is 25.4 Å². The number of hydrogen-bond acceptors (Lipinski definition) is 4. The van der Waals surface area contributed by atoms with Gasteiger partial charge in [0, 0.05) is 29.4 Å². The molecule has 0 aliphatic rings. The standard InChI is InChI=1S/C14H15ClN2O2/c1-18-13-7-11(15)6-10(8-16)14(13)19-9-12-4-2-3-5-17-12/h2-7H,8-9,16H2,1H3. The molecular weight excluding hydrogens is 264 g/mol. The lowest BCUT2D eigenvalue weighted by Gasteiger charge is -2.14. The molecule has 0 radical (unpaired) electrons. The van der Waals surface area contributed by atoms with Crippen LogP contribution in [0.4, 0.5) is 0 Å². The van der Waals surface area contributed by atoms with Gasteiger partial charge in [-0.15, -0.1) is 0 Å². The molecule has 1 aromatic carbocycles. The first-order valence-corrected chi connectivity index (χ1v) is 6.21. The maximum absolute atomic E-state index is 5.99. The monoisotopic (exact) mass is 278 g/mol. The van der Waals surface area contributed by atoms with Crippen molar-refractivity contribution in [3.8, 4) is 11.5 Å². The largest absolute Gasteiger partial charge is 0.493 e. The van der Waals surface area contributed by atoms with E-state index in [1.807, 2.05) is 18.2 Å². The van der Waals surface area contributed by atoms with Crippen LogP contribution in [-0.2, 0) is 13.2 Å². The van der Waals surface area contributed by atoms with Crippen molar-refractivity contribution < 1.29 is 9.47 Å². The minimum absolute atomic E-state index is 0.328. The average Bonchev–Trinajstić information content (AvgIpc) is 2.46. The molecule has 0 saturated heterocycles. The molecule has 0 aliphatic heterocycles. The van der Waals surface area contributed by atoms with Crippen molar-refractivity contribution in [3.05, 3.63) is 52.8 Å². The molecule has 0 spiro atoms. The SMILES string of the molecule is COc1cc(Cl)cc(CN)c1OCc1ccccn1. The van der Waals surface area contributed by atoms with Gasteiger partial charge in [-0.2, -0.15) is 0 Å². The van der Waals surface area contributed by atoms with Crippen molar-refractivity contribution in [2.45, 2.75) is 13.2 Å². The summed E-state index contributed by atoms with van der Waals surface area (Å²) in [5.41, 5.74) is 7.34. The number of pyridine rings is 1. The van der Waals surface area contributed by atoms with Gasteiger partial charge in [0.1, 0.15) is 6.61 Å². The topological polar surface area (TPSA) is 57.4 Å². The third-order valence-electron chi connectivity index (χ3n) is 2.63. The first-order valence-electron chi connectivity index (χ1n) is 5.83. The molecule has 1 aromatic heterocycles. The third-order valence-corrected chi connectivity index (χ3v) is 2.85. The van der Waals surface area contributed by atoms with Gasteiger partial charge in [0.15, 0.2) is 11.5 Å². The van der Waals surface area contributed by atoms with Crippen LogP contribution in [0.15, 0.2) is 36.5 Å². The van der Waals surface area contributed by atoms with E-state index in [0.29, 0.717) is 29.7 Å². The Balaban J connectivity index is 2.23. The van der Waals surface area contributed by atoms with Crippen LogP contribution in [0.3, 0.4) is 0 Å². The minimum Gasteiger partial charge on any atom is -0.493 e. The molecule has 100 valence electrons. The molecule has 2 rings (SSSR count). The van der Waals surface area contributed by atoms with Crippen molar-refractivity contribution >= 4 is 11.6 Å². The molecular formula is C14H15ClN2O2. The van der Waals surface area contributed by atoms with E-state index in [-0.39, 0.29) is 0 Å². The van der Waals surface area contributed by atoms with Crippen LogP contribution in [0.5, 0.6) is 11.5 Å². The van der Waals surface area contributed by atoms with Crippen LogP contribution in [0.1, 0.15) is 11.3 Å². The zero-order valence-corrected chi connectivity index (χ0v) is 11.4. The highest BCUT2D eigenvalue weighted by atomic mass is 35.5.